The van der Waals surface area contributed by atoms with E-state index in [4.69, 9.17) is 26.2 Å². The molecule has 2 aromatic carbocycles. The van der Waals surface area contributed by atoms with Crippen LogP contribution in [0.25, 0.3) is 0 Å². The third-order valence-electron chi connectivity index (χ3n) is 5.32. The minimum Gasteiger partial charge on any atom is -0.480 e. The summed E-state index contributed by atoms with van der Waals surface area (Å²) < 4.78 is 38.6. The van der Waals surface area contributed by atoms with Gasteiger partial charge in [-0.05, 0) is 67.5 Å². The van der Waals surface area contributed by atoms with Crippen LogP contribution >= 0.6 is 11.6 Å². The molecule has 2 atom stereocenters. The van der Waals surface area contributed by atoms with Crippen molar-refractivity contribution in [3.05, 3.63) is 59.1 Å². The number of carboxylic acid groups (broad SMARTS) is 1. The van der Waals surface area contributed by atoms with E-state index in [2.05, 4.69) is 0 Å². The molecule has 1 fully saturated rings. The first-order valence-electron chi connectivity index (χ1n) is 10.3. The van der Waals surface area contributed by atoms with Crippen molar-refractivity contribution in [3.8, 4) is 0 Å². The van der Waals surface area contributed by atoms with Crippen molar-refractivity contribution in [2.45, 2.75) is 25.7 Å². The molecule has 0 aliphatic heterocycles. The lowest BCUT2D eigenvalue weighted by Gasteiger charge is -2.29. The lowest BCUT2D eigenvalue weighted by molar-refractivity contribution is -0.142. The van der Waals surface area contributed by atoms with Gasteiger partial charge in [-0.15, -0.1) is 0 Å². The number of aliphatic carboxylic acids is 1. The van der Waals surface area contributed by atoms with Gasteiger partial charge in [-0.1, -0.05) is 24.1 Å². The summed E-state index contributed by atoms with van der Waals surface area (Å²) in [6.07, 6.45) is 2.67. The largest absolute Gasteiger partial charge is 0.480 e. The summed E-state index contributed by atoms with van der Waals surface area (Å²) in [5, 5.41) is 8.59. The van der Waals surface area contributed by atoms with E-state index in [-0.39, 0.29) is 41.4 Å². The van der Waals surface area contributed by atoms with Crippen molar-refractivity contribution < 1.29 is 33.0 Å². The van der Waals surface area contributed by atoms with Crippen LogP contribution in [0.5, 0.6) is 0 Å². The zero-order valence-electron chi connectivity index (χ0n) is 17.3. The van der Waals surface area contributed by atoms with Gasteiger partial charge in [0.15, 0.2) is 0 Å². The lowest BCUT2D eigenvalue weighted by Crippen LogP contribution is -2.30. The van der Waals surface area contributed by atoms with Crippen molar-refractivity contribution in [2.75, 3.05) is 24.7 Å². The number of halogens is 3. The maximum atomic E-state index is 14.0. The fourth-order valence-electron chi connectivity index (χ4n) is 3.87. The van der Waals surface area contributed by atoms with Crippen LogP contribution in [0.2, 0.25) is 5.02 Å². The molecule has 9 heteroatoms. The van der Waals surface area contributed by atoms with Gasteiger partial charge in [-0.25, -0.2) is 23.3 Å². The zero-order chi connectivity index (χ0) is 23.1. The molecule has 3 rings (SSSR count). The van der Waals surface area contributed by atoms with Crippen molar-refractivity contribution in [1.29, 1.82) is 0 Å². The molecule has 2 aromatic rings. The summed E-state index contributed by atoms with van der Waals surface area (Å²) in [5.41, 5.74) is 0.353. The molecule has 0 bridgehead atoms. The quantitative estimate of drug-likeness (QED) is 0.531. The van der Waals surface area contributed by atoms with Crippen LogP contribution < -0.4 is 4.90 Å². The Morgan fingerprint density at radius 3 is 2.47 bits per heavy atom. The molecular formula is C23H24ClF2NO5. The van der Waals surface area contributed by atoms with Gasteiger partial charge in [-0.3, -0.25) is 0 Å². The topological polar surface area (TPSA) is 76.1 Å². The molecule has 0 radical (unpaired) electrons. The molecule has 172 valence electrons. The van der Waals surface area contributed by atoms with E-state index >= 15 is 0 Å². The number of ether oxygens (including phenoxy) is 2. The predicted octanol–water partition coefficient (Wildman–Crippen LogP) is 5.80. The van der Waals surface area contributed by atoms with Crippen molar-refractivity contribution in [1.82, 2.24) is 0 Å². The molecule has 1 aliphatic carbocycles. The van der Waals surface area contributed by atoms with Crippen LogP contribution in [0.1, 0.15) is 25.7 Å². The molecule has 0 aromatic heterocycles. The number of nitrogens with zero attached hydrogens (tertiary/aromatic N) is 1. The highest BCUT2D eigenvalue weighted by Crippen LogP contribution is 2.32. The summed E-state index contributed by atoms with van der Waals surface area (Å²) in [6, 6.07) is 9.22. The minimum atomic E-state index is -1.01. The maximum absolute atomic E-state index is 14.0. The number of rotatable bonds is 8. The van der Waals surface area contributed by atoms with Crippen LogP contribution in [-0.4, -0.2) is 37.0 Å². The van der Waals surface area contributed by atoms with E-state index in [1.807, 2.05) is 0 Å². The summed E-state index contributed by atoms with van der Waals surface area (Å²) >= 11 is 5.75. The SMILES string of the molecule is O=C(O)COCC1CCCC(COC(=O)N(c2cccc(F)c2)c2ccc(Cl)c(F)c2)C1. The smallest absolute Gasteiger partial charge is 0.418 e. The predicted molar refractivity (Wildman–Crippen MR) is 115 cm³/mol. The summed E-state index contributed by atoms with van der Waals surface area (Å²) in [7, 11) is 0. The fourth-order valence-corrected chi connectivity index (χ4v) is 3.99. The third kappa shape index (κ3) is 6.64. The van der Waals surface area contributed by atoms with Gasteiger partial charge in [0.2, 0.25) is 0 Å². The minimum absolute atomic E-state index is 0.0856. The first-order valence-corrected chi connectivity index (χ1v) is 10.7. The second kappa shape index (κ2) is 11.2. The maximum Gasteiger partial charge on any atom is 0.418 e. The van der Waals surface area contributed by atoms with Gasteiger partial charge in [-0.2, -0.15) is 0 Å². The number of amides is 1. The van der Waals surface area contributed by atoms with Gasteiger partial charge < -0.3 is 14.6 Å². The van der Waals surface area contributed by atoms with Crippen LogP contribution in [0, 0.1) is 23.5 Å². The van der Waals surface area contributed by atoms with Crippen LogP contribution in [-0.2, 0) is 14.3 Å². The van der Waals surface area contributed by atoms with E-state index in [1.54, 1.807) is 0 Å². The number of carboxylic acids is 1. The van der Waals surface area contributed by atoms with Crippen LogP contribution in [0.15, 0.2) is 42.5 Å². The lowest BCUT2D eigenvalue weighted by atomic mass is 9.82. The Bertz CT molecular complexity index is 958. The molecule has 32 heavy (non-hydrogen) atoms. The normalized spacial score (nSPS) is 18.2. The van der Waals surface area contributed by atoms with E-state index in [0.717, 1.165) is 42.7 Å². The molecule has 0 saturated heterocycles. The third-order valence-corrected chi connectivity index (χ3v) is 5.63. The molecule has 1 amide bonds. The van der Waals surface area contributed by atoms with Gasteiger partial charge >= 0.3 is 12.1 Å². The molecule has 1 N–H and O–H groups in total. The van der Waals surface area contributed by atoms with Crippen molar-refractivity contribution in [2.24, 2.45) is 11.8 Å². The second-order valence-electron chi connectivity index (χ2n) is 7.80. The first-order chi connectivity index (χ1) is 15.3. The Morgan fingerprint density at radius 2 is 1.78 bits per heavy atom. The van der Waals surface area contributed by atoms with Crippen molar-refractivity contribution >= 4 is 35.0 Å². The Kier molecular flexibility index (Phi) is 8.41. The average Bonchev–Trinajstić information content (AvgIpc) is 2.75. The van der Waals surface area contributed by atoms with Gasteiger partial charge in [0.1, 0.15) is 18.2 Å². The number of carbonyl (C=O) groups is 2. The van der Waals surface area contributed by atoms with Gasteiger partial charge in [0.25, 0.3) is 0 Å². The average molecular weight is 468 g/mol. The monoisotopic (exact) mass is 467 g/mol. The summed E-state index contributed by atoms with van der Waals surface area (Å²) in [6.45, 7) is 0.142. The number of anilines is 2. The van der Waals surface area contributed by atoms with E-state index in [9.17, 15) is 18.4 Å². The van der Waals surface area contributed by atoms with E-state index < -0.39 is 23.7 Å². The number of benzene rings is 2. The number of hydrogen-bond acceptors (Lipinski definition) is 4. The molecule has 1 saturated carbocycles. The Hall–Kier alpha value is -2.71. The first kappa shape index (κ1) is 23.9. The van der Waals surface area contributed by atoms with Crippen molar-refractivity contribution in [3.63, 3.8) is 0 Å². The zero-order valence-corrected chi connectivity index (χ0v) is 18.1. The molecule has 0 heterocycles. The number of hydrogen-bond donors (Lipinski definition) is 1. The van der Waals surface area contributed by atoms with Crippen LogP contribution in [0.3, 0.4) is 0 Å². The highest BCUT2D eigenvalue weighted by molar-refractivity contribution is 6.30. The second-order valence-corrected chi connectivity index (χ2v) is 8.21. The summed E-state index contributed by atoms with van der Waals surface area (Å²) in [5.74, 6) is -2.00. The molecule has 6 nitrogen and oxygen atoms in total. The molecular weight excluding hydrogens is 444 g/mol. The van der Waals surface area contributed by atoms with Crippen LogP contribution in [0.4, 0.5) is 25.0 Å². The van der Waals surface area contributed by atoms with E-state index in [1.165, 1.54) is 30.3 Å². The molecule has 0 spiro atoms. The fraction of sp³-hybridized carbons (Fsp3) is 0.391. The molecule has 2 unspecified atom stereocenters. The standard InChI is InChI=1S/C23H24ClF2NO5/c24-20-8-7-19(11-21(20)26)27(18-6-2-5-17(25)10-18)23(30)32-13-16-4-1-3-15(9-16)12-31-14-22(28)29/h2,5-8,10-11,15-16H,1,3-4,9,12-14H2,(H,28,29). The van der Waals surface area contributed by atoms with E-state index in [0.29, 0.717) is 6.61 Å². The Balaban J connectivity index is 1.67. The summed E-state index contributed by atoms with van der Waals surface area (Å²) in [4.78, 5) is 24.7. The Labute approximate surface area is 189 Å². The van der Waals surface area contributed by atoms with Gasteiger partial charge in [0, 0.05) is 0 Å². The number of carbonyl (C=O) groups excluding carboxylic acids is 1. The Morgan fingerprint density at radius 1 is 1.06 bits per heavy atom. The highest BCUT2D eigenvalue weighted by Gasteiger charge is 2.26. The van der Waals surface area contributed by atoms with Gasteiger partial charge in [0.05, 0.1) is 29.6 Å². The highest BCUT2D eigenvalue weighted by atomic mass is 35.5. The molecule has 1 aliphatic rings.